The van der Waals surface area contributed by atoms with Crippen LogP contribution in [0.3, 0.4) is 0 Å². The highest BCUT2D eigenvalue weighted by atomic mass is 16.4. The van der Waals surface area contributed by atoms with E-state index in [4.69, 9.17) is 0 Å². The Balaban J connectivity index is 1.46. The maximum absolute atomic E-state index is 11.5. The number of fused-ring (bicyclic) bond motifs is 2. The van der Waals surface area contributed by atoms with Gasteiger partial charge < -0.3 is 14.6 Å². The Bertz CT molecular complexity index is 1020. The Morgan fingerprint density at radius 1 is 1.27 bits per heavy atom. The molecule has 4 heterocycles. The van der Waals surface area contributed by atoms with Gasteiger partial charge in [0.2, 0.25) is 5.95 Å². The number of carboxylic acids is 1. The summed E-state index contributed by atoms with van der Waals surface area (Å²) in [5, 5.41) is 9.93. The van der Waals surface area contributed by atoms with Gasteiger partial charge in [0, 0.05) is 42.9 Å². The minimum Gasteiger partial charge on any atom is -0.478 e. The van der Waals surface area contributed by atoms with Gasteiger partial charge in [-0.05, 0) is 25.2 Å². The van der Waals surface area contributed by atoms with Gasteiger partial charge in [-0.1, -0.05) is 0 Å². The zero-order valence-corrected chi connectivity index (χ0v) is 14.3. The predicted octanol–water partition coefficient (Wildman–Crippen LogP) is 1.73. The lowest BCUT2D eigenvalue weighted by atomic mass is 10.2. The summed E-state index contributed by atoms with van der Waals surface area (Å²) in [6.07, 6.45) is 7.75. The van der Waals surface area contributed by atoms with Crippen LogP contribution in [0.4, 0.5) is 5.95 Å². The molecule has 2 atom stereocenters. The van der Waals surface area contributed by atoms with Gasteiger partial charge in [-0.25, -0.2) is 24.7 Å². The maximum Gasteiger partial charge on any atom is 0.337 e. The van der Waals surface area contributed by atoms with Crippen molar-refractivity contribution in [3.63, 3.8) is 0 Å². The molecule has 1 aliphatic heterocycles. The van der Waals surface area contributed by atoms with Gasteiger partial charge in [0.15, 0.2) is 0 Å². The van der Waals surface area contributed by atoms with E-state index in [1.807, 2.05) is 17.7 Å². The summed E-state index contributed by atoms with van der Waals surface area (Å²) in [7, 11) is 0. The molecule has 0 spiro atoms. The molecule has 2 aliphatic rings. The molecular weight excluding hydrogens is 332 g/mol. The van der Waals surface area contributed by atoms with Gasteiger partial charge in [0.05, 0.1) is 17.5 Å². The molecule has 1 saturated carbocycles. The lowest BCUT2D eigenvalue weighted by Gasteiger charge is -2.18. The highest BCUT2D eigenvalue weighted by Crippen LogP contribution is 2.45. The summed E-state index contributed by atoms with van der Waals surface area (Å²) in [4.78, 5) is 31.1. The number of carboxylic acid groups (broad SMARTS) is 1. The second kappa shape index (κ2) is 5.48. The molecule has 0 amide bonds. The third-order valence-corrected chi connectivity index (χ3v) is 5.44. The molecule has 0 radical (unpaired) electrons. The average Bonchev–Trinajstić information content (AvgIpc) is 3.08. The van der Waals surface area contributed by atoms with Crippen LogP contribution >= 0.6 is 0 Å². The highest BCUT2D eigenvalue weighted by molar-refractivity contribution is 6.02. The van der Waals surface area contributed by atoms with E-state index in [1.54, 1.807) is 6.20 Å². The summed E-state index contributed by atoms with van der Waals surface area (Å²) >= 11 is 0. The number of rotatable bonds is 4. The number of anilines is 1. The normalized spacial score (nSPS) is 21.2. The van der Waals surface area contributed by atoms with E-state index in [0.717, 1.165) is 42.1 Å². The van der Waals surface area contributed by atoms with E-state index < -0.39 is 5.97 Å². The van der Waals surface area contributed by atoms with Crippen LogP contribution in [0.2, 0.25) is 0 Å². The minimum absolute atomic E-state index is 0.201. The van der Waals surface area contributed by atoms with Crippen LogP contribution in [-0.2, 0) is 6.54 Å². The van der Waals surface area contributed by atoms with Crippen molar-refractivity contribution in [3.8, 4) is 0 Å². The monoisotopic (exact) mass is 350 g/mol. The van der Waals surface area contributed by atoms with Crippen molar-refractivity contribution in [1.29, 1.82) is 0 Å². The van der Waals surface area contributed by atoms with Crippen molar-refractivity contribution in [2.75, 3.05) is 18.0 Å². The first-order valence-electron chi connectivity index (χ1n) is 8.69. The third-order valence-electron chi connectivity index (χ3n) is 5.44. The zero-order valence-electron chi connectivity index (χ0n) is 14.3. The molecule has 132 valence electrons. The maximum atomic E-state index is 11.5. The fourth-order valence-corrected chi connectivity index (χ4v) is 3.85. The number of hydrogen-bond acceptors (Lipinski definition) is 6. The number of hydrogen-bond donors (Lipinski definition) is 1. The van der Waals surface area contributed by atoms with Crippen molar-refractivity contribution < 1.29 is 9.90 Å². The Hall–Kier alpha value is -3.03. The molecule has 0 bridgehead atoms. The predicted molar refractivity (Wildman–Crippen MR) is 94.2 cm³/mol. The van der Waals surface area contributed by atoms with Crippen molar-refractivity contribution in [2.45, 2.75) is 19.9 Å². The highest BCUT2D eigenvalue weighted by Gasteiger charge is 2.45. The van der Waals surface area contributed by atoms with Gasteiger partial charge in [0.1, 0.15) is 12.0 Å². The number of aryl methyl sites for hydroxylation is 1. The van der Waals surface area contributed by atoms with E-state index in [-0.39, 0.29) is 5.56 Å². The smallest absolute Gasteiger partial charge is 0.337 e. The van der Waals surface area contributed by atoms with Crippen LogP contribution in [-0.4, -0.2) is 48.7 Å². The van der Waals surface area contributed by atoms with E-state index in [2.05, 4.69) is 24.8 Å². The van der Waals surface area contributed by atoms with E-state index >= 15 is 0 Å². The van der Waals surface area contributed by atoms with Crippen molar-refractivity contribution in [3.05, 3.63) is 41.7 Å². The number of piperidine rings is 1. The van der Waals surface area contributed by atoms with Crippen molar-refractivity contribution in [1.82, 2.24) is 24.5 Å². The molecule has 3 aromatic rings. The number of aromatic carboxylic acids is 1. The first-order valence-corrected chi connectivity index (χ1v) is 8.69. The number of nitrogens with zero attached hydrogens (tertiary/aromatic N) is 6. The van der Waals surface area contributed by atoms with Gasteiger partial charge >= 0.3 is 5.97 Å². The lowest BCUT2D eigenvalue weighted by molar-refractivity contribution is 0.0698. The SMILES string of the molecule is Cc1nc(N2CC3C[C@H]3C2)ncc1Cn1cc(C(=O)O)c2cncnc21. The van der Waals surface area contributed by atoms with Crippen LogP contribution in [0, 0.1) is 18.8 Å². The summed E-state index contributed by atoms with van der Waals surface area (Å²) < 4.78 is 1.82. The topological polar surface area (TPSA) is 97.0 Å². The second-order valence-electron chi connectivity index (χ2n) is 7.18. The zero-order chi connectivity index (χ0) is 17.8. The molecule has 1 aliphatic carbocycles. The molecule has 8 heteroatoms. The molecule has 26 heavy (non-hydrogen) atoms. The van der Waals surface area contributed by atoms with Gasteiger partial charge in [0.25, 0.3) is 0 Å². The van der Waals surface area contributed by atoms with Gasteiger partial charge in [-0.15, -0.1) is 0 Å². The lowest BCUT2D eigenvalue weighted by Crippen LogP contribution is -2.24. The van der Waals surface area contributed by atoms with Crippen LogP contribution in [0.5, 0.6) is 0 Å². The summed E-state index contributed by atoms with van der Waals surface area (Å²) in [5.74, 6) is 1.47. The van der Waals surface area contributed by atoms with Crippen molar-refractivity contribution in [2.24, 2.45) is 11.8 Å². The van der Waals surface area contributed by atoms with E-state index in [0.29, 0.717) is 17.6 Å². The van der Waals surface area contributed by atoms with Crippen LogP contribution < -0.4 is 4.90 Å². The van der Waals surface area contributed by atoms with Crippen molar-refractivity contribution >= 4 is 23.0 Å². The molecule has 1 N–H and O–H groups in total. The fourth-order valence-electron chi connectivity index (χ4n) is 3.85. The van der Waals surface area contributed by atoms with Crippen LogP contribution in [0.15, 0.2) is 24.9 Å². The van der Waals surface area contributed by atoms with Crippen LogP contribution in [0.25, 0.3) is 11.0 Å². The van der Waals surface area contributed by atoms with Gasteiger partial charge in [-0.2, -0.15) is 0 Å². The molecule has 0 aromatic carbocycles. The average molecular weight is 350 g/mol. The molecule has 2 fully saturated rings. The summed E-state index contributed by atoms with van der Waals surface area (Å²) in [5.41, 5.74) is 2.65. The first-order chi connectivity index (χ1) is 12.6. The third kappa shape index (κ3) is 2.40. The molecule has 8 nitrogen and oxygen atoms in total. The molecule has 3 aromatic heterocycles. The van der Waals surface area contributed by atoms with Gasteiger partial charge in [-0.3, -0.25) is 0 Å². The number of aromatic nitrogens is 5. The summed E-state index contributed by atoms with van der Waals surface area (Å²) in [6, 6.07) is 0. The Kier molecular flexibility index (Phi) is 3.22. The molecule has 1 unspecified atom stereocenters. The Labute approximate surface area is 149 Å². The molecular formula is C18H18N6O2. The first kappa shape index (κ1) is 15.2. The fraction of sp³-hybridized carbons (Fsp3) is 0.389. The van der Waals surface area contributed by atoms with Crippen LogP contribution in [0.1, 0.15) is 28.0 Å². The number of carbonyl (C=O) groups is 1. The van der Waals surface area contributed by atoms with E-state index in [9.17, 15) is 9.90 Å². The minimum atomic E-state index is -0.987. The molecule has 5 rings (SSSR count). The Morgan fingerprint density at radius 3 is 2.81 bits per heavy atom. The molecule has 1 saturated heterocycles. The standard InChI is InChI=1S/C18H18N6O2/c1-10-13(3-20-18(22-10)24-5-11-2-12(11)6-24)7-23-8-15(17(25)26)14-4-19-9-21-16(14)23/h3-4,8-9,11-12H,2,5-7H2,1H3,(H,25,26)/t11-,12?/m0/s1. The second-order valence-corrected chi connectivity index (χ2v) is 7.18. The van der Waals surface area contributed by atoms with E-state index in [1.165, 1.54) is 18.9 Å². The largest absolute Gasteiger partial charge is 0.478 e. The quantitative estimate of drug-likeness (QED) is 0.765. The summed E-state index contributed by atoms with van der Waals surface area (Å²) in [6.45, 7) is 4.56. The Morgan fingerprint density at radius 2 is 2.08 bits per heavy atom.